The van der Waals surface area contributed by atoms with E-state index < -0.39 is 36.1 Å². The fraction of sp³-hybridized carbons (Fsp3) is 0.760. The molecule has 36 heavy (non-hydrogen) atoms. The number of ether oxygens (including phenoxy) is 2. The Morgan fingerprint density at radius 2 is 1.75 bits per heavy atom. The van der Waals surface area contributed by atoms with Crippen molar-refractivity contribution in [1.82, 2.24) is 20.2 Å². The molecule has 0 aromatic carbocycles. The van der Waals surface area contributed by atoms with Crippen LogP contribution < -0.4 is 15.5 Å². The lowest BCUT2D eigenvalue weighted by Gasteiger charge is -2.32. The van der Waals surface area contributed by atoms with E-state index in [1.165, 1.54) is 0 Å². The normalized spacial score (nSPS) is 22.0. The number of aromatic nitrogens is 2. The second-order valence-electron chi connectivity index (χ2n) is 12.0. The van der Waals surface area contributed by atoms with Gasteiger partial charge in [-0.3, -0.25) is 4.79 Å². The highest BCUT2D eigenvalue weighted by molar-refractivity contribution is 6.61. The molecule has 200 valence electrons. The molecule has 3 rings (SSSR count). The van der Waals surface area contributed by atoms with Crippen molar-refractivity contribution in [3.05, 3.63) is 12.4 Å². The molecule has 2 atom stereocenters. The van der Waals surface area contributed by atoms with Crippen molar-refractivity contribution in [2.75, 3.05) is 19.7 Å². The number of amides is 2. The second-order valence-corrected chi connectivity index (χ2v) is 12.0. The first-order chi connectivity index (χ1) is 16.6. The molecule has 2 aliphatic rings. The minimum absolute atomic E-state index is 0.0730. The lowest BCUT2D eigenvalue weighted by Crippen LogP contribution is -2.51. The molecule has 11 heteroatoms. The van der Waals surface area contributed by atoms with E-state index in [-0.39, 0.29) is 23.8 Å². The standard InChI is InChI=1S/C25H41BN4O6/c1-16(2)19(29-22(32)34-23(3,4)5)20(31)30-11-10-17(14-30)15-33-21-27-12-18(13-28-21)26-35-24(6,7)25(8,9)36-26/h12-13,16-17,19H,10-11,14-15H2,1-9H3,(H,29,32)/t17-,19-/m1/s1. The van der Waals surface area contributed by atoms with Crippen molar-refractivity contribution < 1.29 is 28.4 Å². The second kappa shape index (κ2) is 10.5. The molecule has 2 amide bonds. The number of carbonyl (C=O) groups excluding carboxylic acids is 2. The van der Waals surface area contributed by atoms with E-state index >= 15 is 0 Å². The predicted molar refractivity (Wildman–Crippen MR) is 136 cm³/mol. The van der Waals surface area contributed by atoms with E-state index in [0.29, 0.717) is 19.7 Å². The van der Waals surface area contributed by atoms with Gasteiger partial charge in [0.15, 0.2) is 0 Å². The monoisotopic (exact) mass is 504 g/mol. The Labute approximate surface area is 215 Å². The molecule has 0 spiro atoms. The van der Waals surface area contributed by atoms with Crippen LogP contribution in [0.1, 0.15) is 68.7 Å². The number of nitrogens with one attached hydrogen (secondary N) is 1. The summed E-state index contributed by atoms with van der Waals surface area (Å²) in [6.45, 7) is 18.7. The number of hydrogen-bond acceptors (Lipinski definition) is 8. The van der Waals surface area contributed by atoms with Gasteiger partial charge in [0.1, 0.15) is 11.6 Å². The topological polar surface area (TPSA) is 112 Å². The Morgan fingerprint density at radius 3 is 2.28 bits per heavy atom. The highest BCUT2D eigenvalue weighted by atomic mass is 16.7. The Kier molecular flexibility index (Phi) is 8.25. The molecule has 3 heterocycles. The van der Waals surface area contributed by atoms with Crippen LogP contribution in [0.25, 0.3) is 0 Å². The molecule has 1 aromatic heterocycles. The van der Waals surface area contributed by atoms with Crippen molar-refractivity contribution in [3.63, 3.8) is 0 Å². The summed E-state index contributed by atoms with van der Waals surface area (Å²) < 4.78 is 23.2. The van der Waals surface area contributed by atoms with Crippen molar-refractivity contribution >= 4 is 24.6 Å². The van der Waals surface area contributed by atoms with E-state index in [1.54, 1.807) is 38.1 Å². The first kappa shape index (κ1) is 28.2. The number of nitrogens with zero attached hydrogens (tertiary/aromatic N) is 3. The molecule has 2 aliphatic heterocycles. The van der Waals surface area contributed by atoms with Crippen LogP contribution in [0, 0.1) is 11.8 Å². The van der Waals surface area contributed by atoms with Crippen LogP contribution in [-0.2, 0) is 18.8 Å². The van der Waals surface area contributed by atoms with Gasteiger partial charge in [-0.2, -0.15) is 0 Å². The van der Waals surface area contributed by atoms with Crippen LogP contribution in [0.15, 0.2) is 12.4 Å². The average Bonchev–Trinajstić information content (AvgIpc) is 3.30. The SMILES string of the molecule is CC(C)[C@@H](NC(=O)OC(C)(C)C)C(=O)N1CC[C@@H](COc2ncc(B3OC(C)(C)C(C)(C)O3)cn2)C1. The third-order valence-electron chi connectivity index (χ3n) is 6.82. The number of carbonyl (C=O) groups is 2. The van der Waals surface area contributed by atoms with Crippen LogP contribution in [-0.4, -0.2) is 76.5 Å². The van der Waals surface area contributed by atoms with Gasteiger partial charge in [-0.1, -0.05) is 13.8 Å². The third-order valence-corrected chi connectivity index (χ3v) is 6.82. The summed E-state index contributed by atoms with van der Waals surface area (Å²) >= 11 is 0. The molecule has 0 aliphatic carbocycles. The molecule has 1 aromatic rings. The van der Waals surface area contributed by atoms with E-state index in [9.17, 15) is 9.59 Å². The number of alkyl carbamates (subject to hydrolysis) is 1. The molecule has 0 saturated carbocycles. The quantitative estimate of drug-likeness (QED) is 0.564. The summed E-state index contributed by atoms with van der Waals surface area (Å²) in [5, 5.41) is 2.74. The number of hydrogen-bond donors (Lipinski definition) is 1. The molecular weight excluding hydrogens is 463 g/mol. The van der Waals surface area contributed by atoms with Gasteiger partial charge in [0, 0.05) is 36.9 Å². The maximum absolute atomic E-state index is 13.1. The van der Waals surface area contributed by atoms with Crippen molar-refractivity contribution in [2.45, 2.75) is 91.6 Å². The summed E-state index contributed by atoms with van der Waals surface area (Å²) in [4.78, 5) is 35.8. The zero-order valence-electron chi connectivity index (χ0n) is 23.1. The van der Waals surface area contributed by atoms with Gasteiger partial charge in [0.2, 0.25) is 5.91 Å². The van der Waals surface area contributed by atoms with Crippen LogP contribution in [0.4, 0.5) is 4.79 Å². The molecule has 0 bridgehead atoms. The van der Waals surface area contributed by atoms with Gasteiger partial charge in [-0.05, 0) is 60.8 Å². The molecule has 0 unspecified atom stereocenters. The van der Waals surface area contributed by atoms with E-state index in [0.717, 1.165) is 11.9 Å². The van der Waals surface area contributed by atoms with Crippen LogP contribution >= 0.6 is 0 Å². The zero-order valence-corrected chi connectivity index (χ0v) is 23.1. The smallest absolute Gasteiger partial charge is 0.463 e. The zero-order chi connectivity index (χ0) is 26.9. The molecule has 2 saturated heterocycles. The lowest BCUT2D eigenvalue weighted by molar-refractivity contribution is -0.133. The van der Waals surface area contributed by atoms with E-state index in [1.807, 2.05) is 41.5 Å². The maximum atomic E-state index is 13.1. The summed E-state index contributed by atoms with van der Waals surface area (Å²) in [6, 6.07) is -0.378. The molecule has 1 N–H and O–H groups in total. The number of rotatable bonds is 7. The van der Waals surface area contributed by atoms with Crippen molar-refractivity contribution in [3.8, 4) is 6.01 Å². The predicted octanol–water partition coefficient (Wildman–Crippen LogP) is 2.55. The van der Waals surface area contributed by atoms with Gasteiger partial charge < -0.3 is 29.0 Å². The van der Waals surface area contributed by atoms with Gasteiger partial charge in [-0.25, -0.2) is 14.8 Å². The van der Waals surface area contributed by atoms with Gasteiger partial charge in [0.05, 0.1) is 17.8 Å². The first-order valence-corrected chi connectivity index (χ1v) is 12.7. The number of likely N-dealkylation sites (tertiary alicyclic amines) is 1. The lowest BCUT2D eigenvalue weighted by atomic mass is 9.81. The third kappa shape index (κ3) is 6.88. The summed E-state index contributed by atoms with van der Waals surface area (Å²) in [7, 11) is -0.526. The minimum Gasteiger partial charge on any atom is -0.463 e. The summed E-state index contributed by atoms with van der Waals surface area (Å²) in [6.07, 6.45) is 3.53. The molecule has 2 fully saturated rings. The van der Waals surface area contributed by atoms with E-state index in [2.05, 4.69) is 15.3 Å². The van der Waals surface area contributed by atoms with Gasteiger partial charge in [0.25, 0.3) is 0 Å². The summed E-state index contributed by atoms with van der Waals surface area (Å²) in [5.74, 6) is -0.0350. The summed E-state index contributed by atoms with van der Waals surface area (Å²) in [5.41, 5.74) is -0.767. The van der Waals surface area contributed by atoms with Crippen molar-refractivity contribution in [2.24, 2.45) is 11.8 Å². The van der Waals surface area contributed by atoms with E-state index in [4.69, 9.17) is 18.8 Å². The molecular formula is C25H41BN4O6. The Morgan fingerprint density at radius 1 is 1.17 bits per heavy atom. The highest BCUT2D eigenvalue weighted by Crippen LogP contribution is 2.36. The first-order valence-electron chi connectivity index (χ1n) is 12.7. The Balaban J connectivity index is 1.50. The fourth-order valence-electron chi connectivity index (χ4n) is 4.01. The molecule has 10 nitrogen and oxygen atoms in total. The highest BCUT2D eigenvalue weighted by Gasteiger charge is 2.52. The van der Waals surface area contributed by atoms with Crippen LogP contribution in [0.5, 0.6) is 6.01 Å². The largest absolute Gasteiger partial charge is 0.498 e. The molecule has 0 radical (unpaired) electrons. The van der Waals surface area contributed by atoms with Crippen LogP contribution in [0.3, 0.4) is 0 Å². The maximum Gasteiger partial charge on any atom is 0.498 e. The Bertz CT molecular complexity index is 915. The van der Waals surface area contributed by atoms with Gasteiger partial charge >= 0.3 is 19.2 Å². The minimum atomic E-state index is -0.648. The van der Waals surface area contributed by atoms with Gasteiger partial charge in [-0.15, -0.1) is 0 Å². The average molecular weight is 504 g/mol. The van der Waals surface area contributed by atoms with Crippen LogP contribution in [0.2, 0.25) is 0 Å². The fourth-order valence-corrected chi connectivity index (χ4v) is 4.01. The van der Waals surface area contributed by atoms with Crippen molar-refractivity contribution in [1.29, 1.82) is 0 Å². The Hall–Kier alpha value is -2.40.